The zero-order valence-corrected chi connectivity index (χ0v) is 24.8. The van der Waals surface area contributed by atoms with Crippen LogP contribution in [0, 0.1) is 5.92 Å². The summed E-state index contributed by atoms with van der Waals surface area (Å²) in [6.45, 7) is 10.5. The number of amides is 2. The highest BCUT2D eigenvalue weighted by Gasteiger charge is 2.39. The molecule has 3 N–H and O–H groups in total. The van der Waals surface area contributed by atoms with Crippen LogP contribution >= 0.6 is 0 Å². The number of allylic oxidation sites excluding steroid dienone is 2. The zero-order chi connectivity index (χ0) is 31.7. The minimum atomic E-state index is -4.95. The number of anilines is 1. The van der Waals surface area contributed by atoms with E-state index in [0.29, 0.717) is 31.8 Å². The first-order valence-corrected chi connectivity index (χ1v) is 13.8. The molecular weight excluding hydrogens is 571 g/mol. The van der Waals surface area contributed by atoms with E-state index in [1.165, 1.54) is 13.0 Å². The second kappa shape index (κ2) is 11.8. The van der Waals surface area contributed by atoms with Crippen LogP contribution < -0.4 is 20.7 Å². The van der Waals surface area contributed by atoms with Crippen molar-refractivity contribution in [2.45, 2.75) is 78.1 Å². The second-order valence-electron chi connectivity index (χ2n) is 11.9. The van der Waals surface area contributed by atoms with Crippen molar-refractivity contribution in [3.63, 3.8) is 0 Å². The summed E-state index contributed by atoms with van der Waals surface area (Å²) in [5.41, 5.74) is -0.200. The van der Waals surface area contributed by atoms with Gasteiger partial charge in [0.25, 0.3) is 5.91 Å². The molecule has 0 saturated carbocycles. The zero-order valence-electron chi connectivity index (χ0n) is 24.8. The summed E-state index contributed by atoms with van der Waals surface area (Å²) >= 11 is 0. The largest absolute Gasteiger partial charge is 0.573 e. The molecule has 3 heterocycles. The lowest BCUT2D eigenvalue weighted by Gasteiger charge is -2.34. The third kappa shape index (κ3) is 7.99. The fraction of sp³-hybridized carbons (Fsp3) is 0.517. The first-order valence-electron chi connectivity index (χ1n) is 13.8. The summed E-state index contributed by atoms with van der Waals surface area (Å²) < 4.78 is 53.2. The van der Waals surface area contributed by atoms with Crippen LogP contribution in [0.3, 0.4) is 0 Å². The van der Waals surface area contributed by atoms with Crippen molar-refractivity contribution in [2.24, 2.45) is 10.9 Å². The van der Waals surface area contributed by atoms with Gasteiger partial charge in [0.1, 0.15) is 23.4 Å². The number of hydrogen-bond donors (Lipinski definition) is 3. The molecule has 0 bridgehead atoms. The molecule has 1 atom stereocenters. The Morgan fingerprint density at radius 2 is 1.72 bits per heavy atom. The van der Waals surface area contributed by atoms with Crippen LogP contribution in [0.4, 0.5) is 23.7 Å². The van der Waals surface area contributed by atoms with Crippen LogP contribution in [0.2, 0.25) is 0 Å². The predicted molar refractivity (Wildman–Crippen MR) is 151 cm³/mol. The molecule has 0 spiro atoms. The fourth-order valence-corrected chi connectivity index (χ4v) is 5.14. The molecule has 11 nitrogen and oxygen atoms in total. The Morgan fingerprint density at radius 1 is 1.05 bits per heavy atom. The van der Waals surface area contributed by atoms with E-state index in [2.05, 4.69) is 20.7 Å². The summed E-state index contributed by atoms with van der Waals surface area (Å²) in [6.07, 6.45) is -1.19. The summed E-state index contributed by atoms with van der Waals surface area (Å²) in [4.78, 5) is 43.9. The number of aliphatic imine (C=N–C) groups is 1. The van der Waals surface area contributed by atoms with Crippen molar-refractivity contribution in [3.05, 3.63) is 47.3 Å². The quantitative estimate of drug-likeness (QED) is 0.393. The maximum atomic E-state index is 13.6. The number of benzene rings is 1. The molecule has 0 aromatic heterocycles. The van der Waals surface area contributed by atoms with Gasteiger partial charge in [-0.1, -0.05) is 0 Å². The van der Waals surface area contributed by atoms with Crippen LogP contribution in [-0.4, -0.2) is 65.5 Å². The number of dihydropyridines is 1. The number of halogens is 3. The average Bonchev–Trinajstić information content (AvgIpc) is 3.32. The fourth-order valence-electron chi connectivity index (χ4n) is 5.14. The highest BCUT2D eigenvalue weighted by atomic mass is 19.4. The van der Waals surface area contributed by atoms with Gasteiger partial charge in [-0.2, -0.15) is 0 Å². The number of rotatable bonds is 6. The van der Waals surface area contributed by atoms with Crippen molar-refractivity contribution in [3.8, 4) is 5.75 Å². The van der Waals surface area contributed by atoms with Gasteiger partial charge in [0.2, 0.25) is 0 Å². The molecule has 4 rings (SSSR count). The number of hydrogen-bond acceptors (Lipinski definition) is 9. The number of amidine groups is 1. The number of carbonyl (C=O) groups excluding carboxylic acids is 3. The Kier molecular flexibility index (Phi) is 8.70. The Labute approximate surface area is 247 Å². The van der Waals surface area contributed by atoms with Crippen molar-refractivity contribution in [1.29, 1.82) is 0 Å². The monoisotopic (exact) mass is 607 g/mol. The first-order chi connectivity index (χ1) is 19.9. The van der Waals surface area contributed by atoms with Crippen LogP contribution in [-0.2, 0) is 14.3 Å². The number of alkyl halides is 3. The van der Waals surface area contributed by atoms with E-state index in [9.17, 15) is 27.6 Å². The molecule has 1 aromatic rings. The molecule has 3 aliphatic rings. The minimum absolute atomic E-state index is 0.00428. The maximum absolute atomic E-state index is 13.6. The smallest absolute Gasteiger partial charge is 0.452 e. The van der Waals surface area contributed by atoms with Crippen LogP contribution in [0.5, 0.6) is 5.75 Å². The summed E-state index contributed by atoms with van der Waals surface area (Å²) in [6, 6.07) is 3.17. The van der Waals surface area contributed by atoms with Gasteiger partial charge in [-0.25, -0.2) is 9.79 Å². The molecule has 1 unspecified atom stereocenters. The van der Waals surface area contributed by atoms with E-state index in [0.717, 1.165) is 23.4 Å². The number of fused-ring (bicyclic) bond motifs is 1. The molecule has 14 heteroatoms. The molecule has 43 heavy (non-hydrogen) atoms. The molecule has 2 amide bonds. The van der Waals surface area contributed by atoms with E-state index < -0.39 is 41.3 Å². The van der Waals surface area contributed by atoms with E-state index >= 15 is 0 Å². The first kappa shape index (κ1) is 31.7. The lowest BCUT2D eigenvalue weighted by molar-refractivity contribution is -0.274. The van der Waals surface area contributed by atoms with Crippen molar-refractivity contribution >= 4 is 29.5 Å². The third-order valence-corrected chi connectivity index (χ3v) is 6.89. The molecule has 3 aliphatic heterocycles. The van der Waals surface area contributed by atoms with Crippen molar-refractivity contribution in [2.75, 3.05) is 18.4 Å². The van der Waals surface area contributed by atoms with Gasteiger partial charge in [-0.05, 0) is 83.4 Å². The van der Waals surface area contributed by atoms with Crippen LogP contribution in [0.15, 0.2) is 46.7 Å². The summed E-state index contributed by atoms with van der Waals surface area (Å²) in [5.74, 6) is -0.869. The van der Waals surface area contributed by atoms with Crippen molar-refractivity contribution in [1.82, 2.24) is 15.5 Å². The third-order valence-electron chi connectivity index (χ3n) is 6.89. The number of nitrogens with one attached hydrogen (secondary N) is 3. The van der Waals surface area contributed by atoms with Crippen LogP contribution in [0.1, 0.15) is 64.7 Å². The highest BCUT2D eigenvalue weighted by molar-refractivity contribution is 6.03. The second-order valence-corrected chi connectivity index (χ2v) is 11.9. The molecule has 1 aromatic carbocycles. The number of ether oxygens (including phenoxy) is 3. The molecule has 1 fully saturated rings. The molecule has 1 saturated heterocycles. The van der Waals surface area contributed by atoms with Gasteiger partial charge in [0.05, 0.1) is 16.9 Å². The SMILES string of the molecule is CC(=O)OC(C)(C)C1=NC2=C(C3CCN(C(=O)c4ccc(OC(F)(F)F)cc4NC(=O)OC(C)(C)C)CC3)C=CNC2N1. The predicted octanol–water partition coefficient (Wildman–Crippen LogP) is 4.82. The summed E-state index contributed by atoms with van der Waals surface area (Å²) in [5, 5.41) is 8.88. The van der Waals surface area contributed by atoms with Gasteiger partial charge >= 0.3 is 18.4 Å². The topological polar surface area (TPSA) is 131 Å². The highest BCUT2D eigenvalue weighted by Crippen LogP contribution is 2.35. The average molecular weight is 608 g/mol. The minimum Gasteiger partial charge on any atom is -0.452 e. The van der Waals surface area contributed by atoms with E-state index in [1.807, 2.05) is 12.3 Å². The Bertz CT molecular complexity index is 1370. The standard InChI is InChI=1S/C29H36F3N5O6/c1-16(38)41-28(5,6)25-35-22-19(9-12-33-23(22)36-25)17-10-13-37(14-11-17)24(39)20-8-7-18(42-29(30,31)32)15-21(20)34-26(40)43-27(2,3)4/h7-9,12,15,17,23,33H,10-11,13-14H2,1-6H3,(H,34,40)(H,35,36). The van der Waals surface area contributed by atoms with E-state index in [4.69, 9.17) is 14.5 Å². The normalized spacial score (nSPS) is 19.1. The molecular formula is C29H36F3N5O6. The number of carbonyl (C=O) groups is 3. The van der Waals surface area contributed by atoms with Crippen LogP contribution in [0.25, 0.3) is 0 Å². The molecule has 0 radical (unpaired) electrons. The molecule has 0 aliphatic carbocycles. The van der Waals surface area contributed by atoms with E-state index in [1.54, 1.807) is 39.5 Å². The van der Waals surface area contributed by atoms with Gasteiger partial charge in [0.15, 0.2) is 5.60 Å². The Balaban J connectivity index is 1.51. The summed E-state index contributed by atoms with van der Waals surface area (Å²) in [7, 11) is 0. The number of nitrogens with zero attached hydrogens (tertiary/aromatic N) is 2. The number of piperidine rings is 1. The van der Waals surface area contributed by atoms with E-state index in [-0.39, 0.29) is 23.3 Å². The van der Waals surface area contributed by atoms with Gasteiger partial charge < -0.3 is 29.7 Å². The lowest BCUT2D eigenvalue weighted by Crippen LogP contribution is -2.49. The number of likely N-dealkylation sites (tertiary alicyclic amines) is 1. The Morgan fingerprint density at radius 3 is 2.33 bits per heavy atom. The van der Waals surface area contributed by atoms with Gasteiger partial charge in [0, 0.05) is 26.1 Å². The van der Waals surface area contributed by atoms with Gasteiger partial charge in [-0.15, -0.1) is 13.2 Å². The molecule has 234 valence electrons. The van der Waals surface area contributed by atoms with Gasteiger partial charge in [-0.3, -0.25) is 14.9 Å². The lowest BCUT2D eigenvalue weighted by atomic mass is 9.86. The number of esters is 1. The maximum Gasteiger partial charge on any atom is 0.573 e. The van der Waals surface area contributed by atoms with Crippen molar-refractivity contribution < 1.29 is 41.8 Å². The Hall–Kier alpha value is -4.23.